The second-order valence-corrected chi connectivity index (χ2v) is 5.39. The largest absolute Gasteiger partial charge is 0.481 e. The summed E-state index contributed by atoms with van der Waals surface area (Å²) in [5.41, 5.74) is 5.48. The smallest absolute Gasteiger partial charge is 0.303 e. The predicted octanol–water partition coefficient (Wildman–Crippen LogP) is 0.581. The average molecular weight is 240 g/mol. The SMILES string of the molecule is NC1(C(=O)N2CC(CC(=O)O)C2)CCCCC1. The first-order valence-electron chi connectivity index (χ1n) is 6.31. The molecule has 1 heterocycles. The number of hydrogen-bond donors (Lipinski definition) is 2. The molecule has 3 N–H and O–H groups in total. The normalized spacial score (nSPS) is 24.2. The number of aliphatic carboxylic acids is 1. The number of nitrogens with zero attached hydrogens (tertiary/aromatic N) is 1. The van der Waals surface area contributed by atoms with Gasteiger partial charge in [0.1, 0.15) is 0 Å². The molecule has 2 aliphatic rings. The molecule has 0 radical (unpaired) electrons. The van der Waals surface area contributed by atoms with E-state index >= 15 is 0 Å². The third kappa shape index (κ3) is 2.60. The molecule has 5 heteroatoms. The number of carboxylic acids is 1. The second-order valence-electron chi connectivity index (χ2n) is 5.39. The highest BCUT2D eigenvalue weighted by atomic mass is 16.4. The van der Waals surface area contributed by atoms with E-state index in [2.05, 4.69) is 0 Å². The molecule has 5 nitrogen and oxygen atoms in total. The lowest BCUT2D eigenvalue weighted by atomic mass is 9.80. The summed E-state index contributed by atoms with van der Waals surface area (Å²) < 4.78 is 0. The van der Waals surface area contributed by atoms with Crippen molar-refractivity contribution in [2.24, 2.45) is 11.7 Å². The van der Waals surface area contributed by atoms with Gasteiger partial charge in [0.2, 0.25) is 5.91 Å². The van der Waals surface area contributed by atoms with Gasteiger partial charge in [-0.25, -0.2) is 0 Å². The van der Waals surface area contributed by atoms with E-state index < -0.39 is 11.5 Å². The number of carboxylic acid groups (broad SMARTS) is 1. The van der Waals surface area contributed by atoms with Gasteiger partial charge in [0, 0.05) is 19.0 Å². The Morgan fingerprint density at radius 2 is 1.82 bits per heavy atom. The Labute approximate surface area is 101 Å². The summed E-state index contributed by atoms with van der Waals surface area (Å²) in [5.74, 6) is -0.648. The van der Waals surface area contributed by atoms with E-state index in [1.165, 1.54) is 0 Å². The van der Waals surface area contributed by atoms with Gasteiger partial charge in [-0.3, -0.25) is 9.59 Å². The molecule has 0 aromatic heterocycles. The molecule has 1 aliphatic carbocycles. The fraction of sp³-hybridized carbons (Fsp3) is 0.833. The molecule has 1 aliphatic heterocycles. The summed E-state index contributed by atoms with van der Waals surface area (Å²) in [6.07, 6.45) is 4.90. The summed E-state index contributed by atoms with van der Waals surface area (Å²) in [6, 6.07) is 0. The molecule has 0 aromatic carbocycles. The van der Waals surface area contributed by atoms with Crippen LogP contribution in [0.2, 0.25) is 0 Å². The van der Waals surface area contributed by atoms with Crippen LogP contribution in [0.25, 0.3) is 0 Å². The summed E-state index contributed by atoms with van der Waals surface area (Å²) in [4.78, 5) is 24.4. The van der Waals surface area contributed by atoms with Crippen molar-refractivity contribution in [3.05, 3.63) is 0 Å². The molecule has 1 saturated heterocycles. The van der Waals surface area contributed by atoms with E-state index in [1.54, 1.807) is 4.90 Å². The zero-order valence-electron chi connectivity index (χ0n) is 10.0. The molecule has 96 valence electrons. The van der Waals surface area contributed by atoms with E-state index in [1.807, 2.05) is 0 Å². The summed E-state index contributed by atoms with van der Waals surface area (Å²) in [7, 11) is 0. The lowest BCUT2D eigenvalue weighted by Crippen LogP contribution is -2.62. The van der Waals surface area contributed by atoms with Crippen LogP contribution in [-0.2, 0) is 9.59 Å². The zero-order chi connectivity index (χ0) is 12.5. The molecule has 0 bridgehead atoms. The highest BCUT2D eigenvalue weighted by molar-refractivity contribution is 5.87. The van der Waals surface area contributed by atoms with Crippen LogP contribution >= 0.6 is 0 Å². The standard InChI is InChI=1S/C12H20N2O3/c13-12(4-2-1-3-5-12)11(17)14-7-9(8-14)6-10(15)16/h9H,1-8,13H2,(H,15,16). The highest BCUT2D eigenvalue weighted by Crippen LogP contribution is 2.30. The quantitative estimate of drug-likeness (QED) is 0.756. The molecule has 1 amide bonds. The predicted molar refractivity (Wildman–Crippen MR) is 62.3 cm³/mol. The maximum Gasteiger partial charge on any atom is 0.303 e. The number of carbonyl (C=O) groups is 2. The van der Waals surface area contributed by atoms with E-state index in [-0.39, 0.29) is 18.2 Å². The first kappa shape index (κ1) is 12.4. The first-order chi connectivity index (χ1) is 8.01. The molecule has 2 fully saturated rings. The zero-order valence-corrected chi connectivity index (χ0v) is 10.0. The highest BCUT2D eigenvalue weighted by Gasteiger charge is 2.42. The van der Waals surface area contributed by atoms with Gasteiger partial charge in [0.05, 0.1) is 12.0 Å². The Bertz CT molecular complexity index is 318. The van der Waals surface area contributed by atoms with E-state index in [9.17, 15) is 9.59 Å². The number of hydrogen-bond acceptors (Lipinski definition) is 3. The maximum atomic E-state index is 12.2. The minimum Gasteiger partial charge on any atom is -0.481 e. The Balaban J connectivity index is 1.84. The van der Waals surface area contributed by atoms with Crippen molar-refractivity contribution < 1.29 is 14.7 Å². The molecule has 0 atom stereocenters. The van der Waals surface area contributed by atoms with Crippen LogP contribution in [0, 0.1) is 5.92 Å². The Hall–Kier alpha value is -1.10. The van der Waals surface area contributed by atoms with Crippen LogP contribution in [-0.4, -0.2) is 40.5 Å². The van der Waals surface area contributed by atoms with Crippen molar-refractivity contribution in [3.8, 4) is 0 Å². The van der Waals surface area contributed by atoms with Crippen LogP contribution in [0.4, 0.5) is 0 Å². The number of likely N-dealkylation sites (tertiary alicyclic amines) is 1. The van der Waals surface area contributed by atoms with Gasteiger partial charge in [-0.1, -0.05) is 19.3 Å². The van der Waals surface area contributed by atoms with Gasteiger partial charge in [0.25, 0.3) is 0 Å². The van der Waals surface area contributed by atoms with Gasteiger partial charge < -0.3 is 15.7 Å². The molecule has 0 spiro atoms. The van der Waals surface area contributed by atoms with Crippen molar-refractivity contribution >= 4 is 11.9 Å². The Morgan fingerprint density at radius 3 is 2.35 bits per heavy atom. The molecule has 17 heavy (non-hydrogen) atoms. The lowest BCUT2D eigenvalue weighted by molar-refractivity contribution is -0.149. The summed E-state index contributed by atoms with van der Waals surface area (Å²) >= 11 is 0. The number of nitrogens with two attached hydrogens (primary N) is 1. The molecular weight excluding hydrogens is 220 g/mol. The first-order valence-corrected chi connectivity index (χ1v) is 6.31. The molecule has 2 rings (SSSR count). The summed E-state index contributed by atoms with van der Waals surface area (Å²) in [5, 5.41) is 8.65. The van der Waals surface area contributed by atoms with Crippen molar-refractivity contribution in [1.82, 2.24) is 4.90 Å². The van der Waals surface area contributed by atoms with Gasteiger partial charge in [0.15, 0.2) is 0 Å². The lowest BCUT2D eigenvalue weighted by Gasteiger charge is -2.44. The van der Waals surface area contributed by atoms with Gasteiger partial charge >= 0.3 is 5.97 Å². The van der Waals surface area contributed by atoms with E-state index in [0.29, 0.717) is 13.1 Å². The minimum atomic E-state index is -0.790. The van der Waals surface area contributed by atoms with Gasteiger partial charge in [-0.2, -0.15) is 0 Å². The van der Waals surface area contributed by atoms with Crippen molar-refractivity contribution in [2.75, 3.05) is 13.1 Å². The average Bonchev–Trinajstić information content (AvgIpc) is 2.22. The molecule has 0 unspecified atom stereocenters. The third-order valence-electron chi connectivity index (χ3n) is 3.88. The fourth-order valence-corrected chi connectivity index (χ4v) is 2.82. The third-order valence-corrected chi connectivity index (χ3v) is 3.88. The number of rotatable bonds is 3. The van der Waals surface area contributed by atoms with E-state index in [4.69, 9.17) is 10.8 Å². The Kier molecular flexibility index (Phi) is 3.38. The van der Waals surface area contributed by atoms with Crippen LogP contribution < -0.4 is 5.73 Å². The van der Waals surface area contributed by atoms with Crippen LogP contribution in [0.1, 0.15) is 38.5 Å². The van der Waals surface area contributed by atoms with Crippen LogP contribution in [0.15, 0.2) is 0 Å². The van der Waals surface area contributed by atoms with Crippen LogP contribution in [0.5, 0.6) is 0 Å². The van der Waals surface area contributed by atoms with E-state index in [0.717, 1.165) is 32.1 Å². The van der Waals surface area contributed by atoms with Gasteiger partial charge in [-0.15, -0.1) is 0 Å². The molecule has 1 saturated carbocycles. The van der Waals surface area contributed by atoms with Crippen molar-refractivity contribution in [3.63, 3.8) is 0 Å². The topological polar surface area (TPSA) is 83.6 Å². The second kappa shape index (κ2) is 4.64. The number of amides is 1. The van der Waals surface area contributed by atoms with Crippen molar-refractivity contribution in [1.29, 1.82) is 0 Å². The van der Waals surface area contributed by atoms with Crippen molar-refractivity contribution in [2.45, 2.75) is 44.1 Å². The maximum absolute atomic E-state index is 12.2. The fourth-order valence-electron chi connectivity index (χ4n) is 2.82. The van der Waals surface area contributed by atoms with Crippen LogP contribution in [0.3, 0.4) is 0 Å². The monoisotopic (exact) mass is 240 g/mol. The number of carbonyl (C=O) groups excluding carboxylic acids is 1. The Morgan fingerprint density at radius 1 is 1.24 bits per heavy atom. The molecule has 0 aromatic rings. The summed E-state index contributed by atoms with van der Waals surface area (Å²) in [6.45, 7) is 1.12. The molecular formula is C12H20N2O3. The minimum absolute atomic E-state index is 0.0267. The van der Waals surface area contributed by atoms with Gasteiger partial charge in [-0.05, 0) is 12.8 Å².